The number of anilines is 1. The number of nitrogen functional groups attached to an aromatic ring is 1. The highest BCUT2D eigenvalue weighted by molar-refractivity contribution is 5.41. The average molecular weight is 269 g/mol. The molecular weight excluding hydrogens is 257 g/mol. The summed E-state index contributed by atoms with van der Waals surface area (Å²) < 4.78 is 65.5. The summed E-state index contributed by atoms with van der Waals surface area (Å²) in [5.41, 5.74) is 5.91. The molecule has 1 aromatic rings. The molecule has 0 aliphatic heterocycles. The second-order valence-electron chi connectivity index (χ2n) is 3.72. The fourth-order valence-corrected chi connectivity index (χ4v) is 1.19. The Morgan fingerprint density at radius 1 is 1.00 bits per heavy atom. The van der Waals surface area contributed by atoms with E-state index in [2.05, 4.69) is 0 Å². The first-order valence-electron chi connectivity index (χ1n) is 5.15. The largest absolute Gasteiger partial charge is 0.494 e. The fraction of sp³-hybridized carbons (Fsp3) is 0.455. The van der Waals surface area contributed by atoms with E-state index in [0.717, 1.165) is 0 Å². The molecule has 0 aliphatic carbocycles. The van der Waals surface area contributed by atoms with Crippen LogP contribution in [0.15, 0.2) is 24.3 Å². The van der Waals surface area contributed by atoms with Crippen molar-refractivity contribution in [3.05, 3.63) is 24.3 Å². The summed E-state index contributed by atoms with van der Waals surface area (Å²) >= 11 is 0. The Labute approximate surface area is 101 Å². The third kappa shape index (κ3) is 4.05. The molecule has 1 aromatic carbocycles. The lowest BCUT2D eigenvalue weighted by molar-refractivity contribution is -0.284. The minimum atomic E-state index is -5.51. The molecule has 102 valence electrons. The second kappa shape index (κ2) is 5.41. The Kier molecular flexibility index (Phi) is 4.37. The van der Waals surface area contributed by atoms with Gasteiger partial charge in [-0.3, -0.25) is 0 Å². The number of benzene rings is 1. The van der Waals surface area contributed by atoms with Crippen LogP contribution in [0.4, 0.5) is 27.6 Å². The van der Waals surface area contributed by atoms with E-state index in [0.29, 0.717) is 11.4 Å². The quantitative estimate of drug-likeness (QED) is 0.503. The lowest BCUT2D eigenvalue weighted by Gasteiger charge is -2.19. The maximum Gasteiger partial charge on any atom is 0.453 e. The lowest BCUT2D eigenvalue weighted by atomic mass is 10.2. The molecule has 1 rings (SSSR count). The van der Waals surface area contributed by atoms with Gasteiger partial charge >= 0.3 is 12.1 Å². The molecule has 18 heavy (non-hydrogen) atoms. The van der Waals surface area contributed by atoms with Crippen LogP contribution in [0.2, 0.25) is 0 Å². The zero-order valence-corrected chi connectivity index (χ0v) is 9.31. The number of alkyl halides is 5. The van der Waals surface area contributed by atoms with Crippen molar-refractivity contribution in [2.75, 3.05) is 12.3 Å². The van der Waals surface area contributed by atoms with E-state index < -0.39 is 24.9 Å². The van der Waals surface area contributed by atoms with Crippen molar-refractivity contribution < 1.29 is 26.7 Å². The zero-order chi connectivity index (χ0) is 13.8. The van der Waals surface area contributed by atoms with Gasteiger partial charge in [-0.2, -0.15) is 22.0 Å². The Morgan fingerprint density at radius 2 is 1.56 bits per heavy atom. The van der Waals surface area contributed by atoms with Crippen molar-refractivity contribution in [3.63, 3.8) is 0 Å². The van der Waals surface area contributed by atoms with Crippen LogP contribution >= 0.6 is 0 Å². The van der Waals surface area contributed by atoms with Gasteiger partial charge in [0.25, 0.3) is 0 Å². The molecule has 0 radical (unpaired) electrons. The van der Waals surface area contributed by atoms with E-state index in [1.807, 2.05) is 0 Å². The monoisotopic (exact) mass is 269 g/mol. The Morgan fingerprint density at radius 3 is 2.06 bits per heavy atom. The lowest BCUT2D eigenvalue weighted by Crippen LogP contribution is -2.36. The number of nitrogens with two attached hydrogens (primary N) is 1. The summed E-state index contributed by atoms with van der Waals surface area (Å²) in [5, 5.41) is 0. The van der Waals surface area contributed by atoms with Gasteiger partial charge in [-0.05, 0) is 30.7 Å². The van der Waals surface area contributed by atoms with Crippen LogP contribution in [0.5, 0.6) is 5.75 Å². The standard InChI is InChI=1S/C11H12F5NO/c12-10(13,11(14,15)16)6-1-7-18-9-4-2-8(17)3-5-9/h2-5H,1,6-7,17H2. The molecule has 0 amide bonds. The summed E-state index contributed by atoms with van der Waals surface area (Å²) in [7, 11) is 0. The second-order valence-corrected chi connectivity index (χ2v) is 3.72. The number of hydrogen-bond donors (Lipinski definition) is 1. The van der Waals surface area contributed by atoms with Crippen molar-refractivity contribution in [2.24, 2.45) is 0 Å². The summed E-state index contributed by atoms with van der Waals surface area (Å²) in [6, 6.07) is 6.10. The van der Waals surface area contributed by atoms with Crippen molar-refractivity contribution in [1.29, 1.82) is 0 Å². The molecule has 0 aromatic heterocycles. The first-order chi connectivity index (χ1) is 8.22. The SMILES string of the molecule is Nc1ccc(OCCCC(F)(F)C(F)(F)F)cc1. The number of halogens is 5. The molecule has 0 aliphatic rings. The maximum absolute atomic E-state index is 12.5. The van der Waals surface area contributed by atoms with Crippen LogP contribution in [-0.4, -0.2) is 18.7 Å². The van der Waals surface area contributed by atoms with Gasteiger partial charge in [0.2, 0.25) is 0 Å². The van der Waals surface area contributed by atoms with Crippen LogP contribution < -0.4 is 10.5 Å². The van der Waals surface area contributed by atoms with Crippen molar-refractivity contribution in [2.45, 2.75) is 24.9 Å². The summed E-state index contributed by atoms with van der Waals surface area (Å²) in [6.45, 7) is -0.213. The Bertz CT molecular complexity index is 374. The molecule has 7 heteroatoms. The highest BCUT2D eigenvalue weighted by Crippen LogP contribution is 2.38. The smallest absolute Gasteiger partial charge is 0.453 e. The van der Waals surface area contributed by atoms with Crippen LogP contribution in [0, 0.1) is 0 Å². The van der Waals surface area contributed by atoms with Crippen LogP contribution in [0.25, 0.3) is 0 Å². The fourth-order valence-electron chi connectivity index (χ4n) is 1.19. The van der Waals surface area contributed by atoms with Gasteiger partial charge < -0.3 is 10.5 Å². The Hall–Kier alpha value is -1.53. The van der Waals surface area contributed by atoms with Crippen molar-refractivity contribution >= 4 is 5.69 Å². The molecule has 0 atom stereocenters. The van der Waals surface area contributed by atoms with Gasteiger partial charge in [0, 0.05) is 12.1 Å². The molecule has 0 saturated carbocycles. The van der Waals surface area contributed by atoms with Gasteiger partial charge in [-0.15, -0.1) is 0 Å². The normalized spacial score (nSPS) is 12.5. The predicted molar refractivity (Wildman–Crippen MR) is 56.6 cm³/mol. The summed E-state index contributed by atoms with van der Waals surface area (Å²) in [6.07, 6.45) is -7.18. The molecule has 0 unspecified atom stereocenters. The van der Waals surface area contributed by atoms with Crippen LogP contribution in [0.3, 0.4) is 0 Å². The van der Waals surface area contributed by atoms with Gasteiger partial charge in [0.05, 0.1) is 6.61 Å². The van der Waals surface area contributed by atoms with Gasteiger partial charge in [0.1, 0.15) is 5.75 Å². The zero-order valence-electron chi connectivity index (χ0n) is 9.31. The average Bonchev–Trinajstić information content (AvgIpc) is 2.25. The molecule has 0 heterocycles. The van der Waals surface area contributed by atoms with Crippen molar-refractivity contribution in [3.8, 4) is 5.75 Å². The molecule has 2 N–H and O–H groups in total. The van der Waals surface area contributed by atoms with Gasteiger partial charge in [0.15, 0.2) is 0 Å². The molecule has 0 bridgehead atoms. The highest BCUT2D eigenvalue weighted by Gasteiger charge is 2.56. The highest BCUT2D eigenvalue weighted by atomic mass is 19.4. The van der Waals surface area contributed by atoms with E-state index in [4.69, 9.17) is 10.5 Å². The first kappa shape index (κ1) is 14.5. The van der Waals surface area contributed by atoms with Crippen LogP contribution in [0.1, 0.15) is 12.8 Å². The topological polar surface area (TPSA) is 35.2 Å². The number of ether oxygens (including phenoxy) is 1. The van der Waals surface area contributed by atoms with E-state index >= 15 is 0 Å². The maximum atomic E-state index is 12.5. The third-order valence-electron chi connectivity index (χ3n) is 2.20. The summed E-state index contributed by atoms with van der Waals surface area (Å²) in [5.74, 6) is -4.29. The van der Waals surface area contributed by atoms with Gasteiger partial charge in [-0.25, -0.2) is 0 Å². The molecule has 0 saturated heterocycles. The molecule has 2 nitrogen and oxygen atoms in total. The molecular formula is C11H12F5NO. The minimum Gasteiger partial charge on any atom is -0.494 e. The molecule has 0 spiro atoms. The molecule has 0 fully saturated rings. The predicted octanol–water partition coefficient (Wildman–Crippen LogP) is 3.63. The first-order valence-corrected chi connectivity index (χ1v) is 5.15. The van der Waals surface area contributed by atoms with Crippen LogP contribution in [-0.2, 0) is 0 Å². The van der Waals surface area contributed by atoms with E-state index in [-0.39, 0.29) is 6.61 Å². The van der Waals surface area contributed by atoms with Crippen molar-refractivity contribution in [1.82, 2.24) is 0 Å². The number of hydrogen-bond acceptors (Lipinski definition) is 2. The van der Waals surface area contributed by atoms with E-state index in [1.165, 1.54) is 12.1 Å². The number of rotatable bonds is 5. The minimum absolute atomic E-state index is 0.213. The Balaban J connectivity index is 2.33. The van der Waals surface area contributed by atoms with E-state index in [9.17, 15) is 22.0 Å². The van der Waals surface area contributed by atoms with E-state index in [1.54, 1.807) is 12.1 Å². The third-order valence-corrected chi connectivity index (χ3v) is 2.20. The van der Waals surface area contributed by atoms with Gasteiger partial charge in [-0.1, -0.05) is 0 Å². The summed E-state index contributed by atoms with van der Waals surface area (Å²) in [4.78, 5) is 0.